The lowest BCUT2D eigenvalue weighted by Crippen LogP contribution is -2.08. The van der Waals surface area contributed by atoms with Crippen molar-refractivity contribution >= 4 is 11.7 Å². The molecule has 5 heteroatoms. The monoisotopic (exact) mass is 243 g/mol. The van der Waals surface area contributed by atoms with Crippen molar-refractivity contribution < 1.29 is 9.90 Å². The van der Waals surface area contributed by atoms with E-state index in [1.807, 2.05) is 24.3 Å². The van der Waals surface area contributed by atoms with Crippen molar-refractivity contribution in [1.82, 2.24) is 9.78 Å². The maximum atomic E-state index is 11.2. The van der Waals surface area contributed by atoms with Crippen molar-refractivity contribution in [1.29, 1.82) is 0 Å². The van der Waals surface area contributed by atoms with Gasteiger partial charge in [-0.3, -0.25) is 0 Å². The summed E-state index contributed by atoms with van der Waals surface area (Å²) in [5, 5.41) is 13.4. The summed E-state index contributed by atoms with van der Waals surface area (Å²) in [6, 6.07) is 9.35. The van der Waals surface area contributed by atoms with Crippen molar-refractivity contribution in [3.05, 3.63) is 41.7 Å². The van der Waals surface area contributed by atoms with Crippen LogP contribution < -0.4 is 4.90 Å². The molecule has 1 aromatic heterocycles. The summed E-state index contributed by atoms with van der Waals surface area (Å²) in [4.78, 5) is 13.4. The van der Waals surface area contributed by atoms with Crippen LogP contribution in [0.25, 0.3) is 5.69 Å². The normalized spacial score (nSPS) is 13.7. The Morgan fingerprint density at radius 3 is 2.67 bits per heavy atom. The maximum absolute atomic E-state index is 11.2. The summed E-state index contributed by atoms with van der Waals surface area (Å²) >= 11 is 0. The largest absolute Gasteiger partial charge is 0.477 e. The predicted octanol–water partition coefficient (Wildman–Crippen LogP) is 1.70. The maximum Gasteiger partial charge on any atom is 0.354 e. The zero-order chi connectivity index (χ0) is 12.7. The first-order valence-electron chi connectivity index (χ1n) is 5.80. The lowest BCUT2D eigenvalue weighted by atomic mass is 10.2. The fourth-order valence-corrected chi connectivity index (χ4v) is 1.98. The molecule has 3 rings (SSSR count). The number of aromatic nitrogens is 2. The molecule has 1 N–H and O–H groups in total. The van der Waals surface area contributed by atoms with E-state index in [4.69, 9.17) is 5.11 Å². The van der Waals surface area contributed by atoms with E-state index in [9.17, 15) is 4.79 Å². The van der Waals surface area contributed by atoms with Crippen molar-refractivity contribution in [3.63, 3.8) is 0 Å². The molecule has 1 fully saturated rings. The SMILES string of the molecule is Cc1cc(C(=O)O)n(-c2cccc(N3CC3)c2)n1. The highest BCUT2D eigenvalue weighted by molar-refractivity contribution is 5.86. The Morgan fingerprint density at radius 1 is 1.28 bits per heavy atom. The van der Waals surface area contributed by atoms with Gasteiger partial charge in [-0.15, -0.1) is 0 Å². The van der Waals surface area contributed by atoms with Crippen LogP contribution in [-0.2, 0) is 0 Å². The van der Waals surface area contributed by atoms with Gasteiger partial charge in [-0.2, -0.15) is 5.10 Å². The van der Waals surface area contributed by atoms with E-state index in [1.54, 1.807) is 13.0 Å². The molecule has 0 spiro atoms. The second kappa shape index (κ2) is 3.87. The third-order valence-corrected chi connectivity index (χ3v) is 2.94. The number of nitrogens with zero attached hydrogens (tertiary/aromatic N) is 3. The van der Waals surface area contributed by atoms with E-state index in [-0.39, 0.29) is 5.69 Å². The number of carboxylic acids is 1. The Hall–Kier alpha value is -2.30. The van der Waals surface area contributed by atoms with Gasteiger partial charge in [0.05, 0.1) is 11.4 Å². The van der Waals surface area contributed by atoms with Gasteiger partial charge < -0.3 is 10.0 Å². The van der Waals surface area contributed by atoms with Crippen molar-refractivity contribution in [2.75, 3.05) is 18.0 Å². The highest BCUT2D eigenvalue weighted by Gasteiger charge is 2.19. The molecule has 18 heavy (non-hydrogen) atoms. The average molecular weight is 243 g/mol. The summed E-state index contributed by atoms with van der Waals surface area (Å²) in [6.45, 7) is 3.91. The molecule has 1 aliphatic heterocycles. The van der Waals surface area contributed by atoms with Crippen LogP contribution in [0.3, 0.4) is 0 Å². The van der Waals surface area contributed by atoms with E-state index >= 15 is 0 Å². The van der Waals surface area contributed by atoms with E-state index in [0.717, 1.165) is 24.5 Å². The third kappa shape index (κ3) is 1.84. The van der Waals surface area contributed by atoms with Gasteiger partial charge in [-0.1, -0.05) is 6.07 Å². The topological polar surface area (TPSA) is 58.1 Å². The molecule has 0 amide bonds. The lowest BCUT2D eigenvalue weighted by molar-refractivity contribution is 0.0687. The molecule has 0 saturated carbocycles. The molecule has 1 aromatic carbocycles. The zero-order valence-electron chi connectivity index (χ0n) is 10.00. The first kappa shape index (κ1) is 10.8. The Kier molecular flexibility index (Phi) is 2.33. The van der Waals surface area contributed by atoms with E-state index in [0.29, 0.717) is 5.69 Å². The molecular weight excluding hydrogens is 230 g/mol. The number of anilines is 1. The minimum atomic E-state index is -0.965. The molecule has 5 nitrogen and oxygen atoms in total. The summed E-state index contributed by atoms with van der Waals surface area (Å²) in [6.07, 6.45) is 0. The smallest absolute Gasteiger partial charge is 0.354 e. The Bertz CT molecular complexity index is 614. The number of carboxylic acid groups (broad SMARTS) is 1. The molecule has 0 bridgehead atoms. The van der Waals surface area contributed by atoms with Gasteiger partial charge in [-0.25, -0.2) is 9.48 Å². The zero-order valence-corrected chi connectivity index (χ0v) is 10.00. The van der Waals surface area contributed by atoms with Crippen LogP contribution in [0.2, 0.25) is 0 Å². The molecule has 0 aliphatic carbocycles. The molecule has 0 unspecified atom stereocenters. The average Bonchev–Trinajstić information content (AvgIpc) is 3.12. The number of aryl methyl sites for hydroxylation is 1. The van der Waals surface area contributed by atoms with Gasteiger partial charge >= 0.3 is 5.97 Å². The second-order valence-corrected chi connectivity index (χ2v) is 4.39. The van der Waals surface area contributed by atoms with Gasteiger partial charge in [0.2, 0.25) is 0 Å². The van der Waals surface area contributed by atoms with Crippen LogP contribution in [0, 0.1) is 6.92 Å². The molecule has 1 saturated heterocycles. The first-order chi connectivity index (χ1) is 8.65. The van der Waals surface area contributed by atoms with Gasteiger partial charge in [0, 0.05) is 18.8 Å². The van der Waals surface area contributed by atoms with Crippen LogP contribution in [-0.4, -0.2) is 33.9 Å². The predicted molar refractivity (Wildman–Crippen MR) is 67.5 cm³/mol. The van der Waals surface area contributed by atoms with Gasteiger partial charge in [0.1, 0.15) is 0 Å². The summed E-state index contributed by atoms with van der Waals surface area (Å²) in [5.41, 5.74) is 2.78. The van der Waals surface area contributed by atoms with Crippen LogP contribution in [0.15, 0.2) is 30.3 Å². The molecule has 0 atom stereocenters. The third-order valence-electron chi connectivity index (χ3n) is 2.94. The number of hydrogen-bond donors (Lipinski definition) is 1. The molecule has 2 aromatic rings. The lowest BCUT2D eigenvalue weighted by Gasteiger charge is -2.08. The van der Waals surface area contributed by atoms with Gasteiger partial charge in [0.15, 0.2) is 5.69 Å². The molecule has 92 valence electrons. The molecule has 1 aliphatic rings. The molecule has 0 radical (unpaired) electrons. The van der Waals surface area contributed by atoms with Crippen molar-refractivity contribution in [2.24, 2.45) is 0 Å². The Labute approximate surface area is 104 Å². The van der Waals surface area contributed by atoms with Crippen LogP contribution in [0.1, 0.15) is 16.2 Å². The Morgan fingerprint density at radius 2 is 2.00 bits per heavy atom. The van der Waals surface area contributed by atoms with Crippen LogP contribution in [0.4, 0.5) is 5.69 Å². The van der Waals surface area contributed by atoms with E-state index in [1.165, 1.54) is 4.68 Å². The number of aromatic carboxylic acids is 1. The number of hydrogen-bond acceptors (Lipinski definition) is 3. The number of benzene rings is 1. The molecular formula is C13H13N3O2. The van der Waals surface area contributed by atoms with Crippen LogP contribution >= 0.6 is 0 Å². The van der Waals surface area contributed by atoms with Crippen LogP contribution in [0.5, 0.6) is 0 Å². The van der Waals surface area contributed by atoms with Gasteiger partial charge in [-0.05, 0) is 31.2 Å². The first-order valence-corrected chi connectivity index (χ1v) is 5.80. The number of carbonyl (C=O) groups is 1. The number of rotatable bonds is 3. The highest BCUT2D eigenvalue weighted by Crippen LogP contribution is 2.24. The molecule has 2 heterocycles. The van der Waals surface area contributed by atoms with E-state index < -0.39 is 5.97 Å². The standard InChI is InChI=1S/C13H13N3O2/c1-9-7-12(13(17)18)16(14-9)11-4-2-3-10(8-11)15-5-6-15/h2-4,7-8H,5-6H2,1H3,(H,17,18). The minimum Gasteiger partial charge on any atom is -0.477 e. The Balaban J connectivity index is 2.08. The quantitative estimate of drug-likeness (QED) is 0.833. The summed E-state index contributed by atoms with van der Waals surface area (Å²) in [7, 11) is 0. The highest BCUT2D eigenvalue weighted by atomic mass is 16.4. The minimum absolute atomic E-state index is 0.190. The fourth-order valence-electron chi connectivity index (χ4n) is 1.98. The fraction of sp³-hybridized carbons (Fsp3) is 0.231. The second-order valence-electron chi connectivity index (χ2n) is 4.39. The van der Waals surface area contributed by atoms with Crippen molar-refractivity contribution in [2.45, 2.75) is 6.92 Å². The summed E-state index contributed by atoms with van der Waals surface area (Å²) in [5.74, 6) is -0.965. The summed E-state index contributed by atoms with van der Waals surface area (Å²) < 4.78 is 1.48. The van der Waals surface area contributed by atoms with Crippen molar-refractivity contribution in [3.8, 4) is 5.69 Å². The van der Waals surface area contributed by atoms with Gasteiger partial charge in [0.25, 0.3) is 0 Å². The van der Waals surface area contributed by atoms with E-state index in [2.05, 4.69) is 10.00 Å².